The quantitative estimate of drug-likeness (QED) is 0.474. The van der Waals surface area contributed by atoms with Gasteiger partial charge in [0.2, 0.25) is 5.91 Å². The smallest absolute Gasteiger partial charge is 0.406 e. The lowest BCUT2D eigenvalue weighted by Crippen LogP contribution is -2.38. The first-order valence-electron chi connectivity index (χ1n) is 10.4. The van der Waals surface area contributed by atoms with Gasteiger partial charge in [0, 0.05) is 16.8 Å². The number of nitrogens with one attached hydrogen (secondary N) is 1. The summed E-state index contributed by atoms with van der Waals surface area (Å²) in [6.07, 6.45) is -4.81. The summed E-state index contributed by atoms with van der Waals surface area (Å²) in [5, 5.41) is 9.61. The van der Waals surface area contributed by atoms with Gasteiger partial charge in [0.1, 0.15) is 12.3 Å². The van der Waals surface area contributed by atoms with Crippen molar-refractivity contribution in [3.8, 4) is 5.75 Å². The summed E-state index contributed by atoms with van der Waals surface area (Å²) < 4.78 is 41.3. The van der Waals surface area contributed by atoms with E-state index in [1.165, 1.54) is 12.1 Å². The van der Waals surface area contributed by atoms with E-state index < -0.39 is 23.4 Å². The molecule has 4 rings (SSSR count). The predicted molar refractivity (Wildman–Crippen MR) is 125 cm³/mol. The van der Waals surface area contributed by atoms with Crippen LogP contribution in [0.5, 0.6) is 5.75 Å². The molecule has 3 aromatic carbocycles. The van der Waals surface area contributed by atoms with Crippen LogP contribution in [0, 0.1) is 0 Å². The molecule has 3 aromatic rings. The Labute approximate surface area is 199 Å². The zero-order valence-corrected chi connectivity index (χ0v) is 18.9. The maximum absolute atomic E-state index is 12.7. The molecule has 5 nitrogen and oxygen atoms in total. The van der Waals surface area contributed by atoms with Crippen molar-refractivity contribution in [2.45, 2.75) is 18.7 Å². The minimum Gasteiger partial charge on any atom is -0.406 e. The number of ether oxygens (including phenoxy) is 1. The van der Waals surface area contributed by atoms with E-state index in [1.54, 1.807) is 17.1 Å². The monoisotopic (exact) mass is 487 g/mol. The first-order valence-corrected chi connectivity index (χ1v) is 10.8. The normalized spacial score (nSPS) is 17.9. The standard InChI is InChI=1S/C25H21ClF3N3O2/c1-24(18-6-3-2-4-7-18)16-32(31-23(24)17-10-12-19(26)13-11-17)15-22(33)30-20-8-5-9-21(14-20)34-25(27,28)29/h2-14H,15-16H2,1H3,(H,30,33). The molecular weight excluding hydrogens is 467 g/mol. The van der Waals surface area contributed by atoms with E-state index in [0.29, 0.717) is 11.6 Å². The molecule has 1 aliphatic rings. The van der Waals surface area contributed by atoms with E-state index in [2.05, 4.69) is 17.0 Å². The third-order valence-corrected chi connectivity index (χ3v) is 5.72. The van der Waals surface area contributed by atoms with Crippen molar-refractivity contribution in [1.82, 2.24) is 5.01 Å². The number of benzene rings is 3. The van der Waals surface area contributed by atoms with E-state index in [9.17, 15) is 18.0 Å². The second kappa shape index (κ2) is 9.38. The van der Waals surface area contributed by atoms with Crippen LogP contribution in [0.4, 0.5) is 18.9 Å². The second-order valence-electron chi connectivity index (χ2n) is 8.10. The zero-order valence-electron chi connectivity index (χ0n) is 18.1. The van der Waals surface area contributed by atoms with Crippen LogP contribution in [0.3, 0.4) is 0 Å². The molecule has 0 saturated heterocycles. The second-order valence-corrected chi connectivity index (χ2v) is 8.54. The fraction of sp³-hybridized carbons (Fsp3) is 0.200. The van der Waals surface area contributed by atoms with Crippen molar-refractivity contribution in [2.75, 3.05) is 18.4 Å². The summed E-state index contributed by atoms with van der Waals surface area (Å²) in [4.78, 5) is 12.7. The van der Waals surface area contributed by atoms with Crippen LogP contribution >= 0.6 is 11.6 Å². The summed E-state index contributed by atoms with van der Waals surface area (Å²) in [6.45, 7) is 2.43. The Hall–Kier alpha value is -3.52. The van der Waals surface area contributed by atoms with Gasteiger partial charge in [-0.25, -0.2) is 0 Å². The number of carbonyl (C=O) groups is 1. The highest BCUT2D eigenvalue weighted by Gasteiger charge is 2.41. The number of nitrogens with zero attached hydrogens (tertiary/aromatic N) is 2. The summed E-state index contributed by atoms with van der Waals surface area (Å²) in [7, 11) is 0. The Morgan fingerprint density at radius 2 is 1.79 bits per heavy atom. The number of rotatable bonds is 6. The molecule has 0 radical (unpaired) electrons. The lowest BCUT2D eigenvalue weighted by atomic mass is 9.76. The van der Waals surface area contributed by atoms with Crippen molar-refractivity contribution in [3.63, 3.8) is 0 Å². The van der Waals surface area contributed by atoms with Crippen molar-refractivity contribution in [3.05, 3.63) is 95.0 Å². The first-order chi connectivity index (χ1) is 16.1. The molecule has 176 valence electrons. The summed E-state index contributed by atoms with van der Waals surface area (Å²) in [5.74, 6) is -0.827. The maximum Gasteiger partial charge on any atom is 0.573 e. The maximum atomic E-state index is 12.7. The van der Waals surface area contributed by atoms with Crippen molar-refractivity contribution < 1.29 is 22.7 Å². The average Bonchev–Trinajstić information content (AvgIpc) is 3.11. The molecule has 9 heteroatoms. The molecule has 34 heavy (non-hydrogen) atoms. The fourth-order valence-electron chi connectivity index (χ4n) is 3.97. The van der Waals surface area contributed by atoms with Gasteiger partial charge in [0.05, 0.1) is 17.7 Å². The van der Waals surface area contributed by atoms with E-state index in [4.69, 9.17) is 16.7 Å². The molecule has 1 amide bonds. The predicted octanol–water partition coefficient (Wildman–Crippen LogP) is 5.85. The van der Waals surface area contributed by atoms with E-state index in [-0.39, 0.29) is 12.2 Å². The van der Waals surface area contributed by atoms with Crippen LogP contribution in [-0.2, 0) is 10.2 Å². The average molecular weight is 488 g/mol. The van der Waals surface area contributed by atoms with Gasteiger partial charge in [-0.1, -0.05) is 60.1 Å². The Morgan fingerprint density at radius 1 is 1.09 bits per heavy atom. The van der Waals surface area contributed by atoms with Crippen molar-refractivity contribution >= 4 is 28.9 Å². The molecule has 0 aromatic heterocycles. The number of hydrogen-bond donors (Lipinski definition) is 1. The van der Waals surface area contributed by atoms with Crippen LogP contribution in [-0.4, -0.2) is 36.1 Å². The molecular formula is C25H21ClF3N3O2. The number of hydrogen-bond acceptors (Lipinski definition) is 4. The van der Waals surface area contributed by atoms with Crippen LogP contribution in [0.15, 0.2) is 84.0 Å². The Bertz CT molecular complexity index is 1200. The Balaban J connectivity index is 1.54. The molecule has 0 saturated carbocycles. The van der Waals surface area contributed by atoms with E-state index in [0.717, 1.165) is 29.0 Å². The van der Waals surface area contributed by atoms with Crippen molar-refractivity contribution in [1.29, 1.82) is 0 Å². The summed E-state index contributed by atoms with van der Waals surface area (Å²) in [6, 6.07) is 22.4. The van der Waals surface area contributed by atoms with Crippen LogP contribution in [0.2, 0.25) is 5.02 Å². The molecule has 0 aliphatic carbocycles. The molecule has 0 spiro atoms. The summed E-state index contributed by atoms with van der Waals surface area (Å²) in [5.41, 5.74) is 2.43. The Kier molecular flexibility index (Phi) is 6.52. The topological polar surface area (TPSA) is 53.9 Å². The molecule has 1 heterocycles. The highest BCUT2D eigenvalue weighted by molar-refractivity contribution is 6.30. The Morgan fingerprint density at radius 3 is 2.47 bits per heavy atom. The van der Waals surface area contributed by atoms with Gasteiger partial charge in [-0.2, -0.15) is 5.10 Å². The minimum absolute atomic E-state index is 0.0795. The minimum atomic E-state index is -4.81. The van der Waals surface area contributed by atoms with Crippen LogP contribution < -0.4 is 10.1 Å². The molecule has 1 N–H and O–H groups in total. The molecule has 1 unspecified atom stereocenters. The van der Waals surface area contributed by atoms with Gasteiger partial charge in [-0.05, 0) is 42.3 Å². The fourth-order valence-corrected chi connectivity index (χ4v) is 4.10. The number of anilines is 1. The number of halogens is 4. The van der Waals surface area contributed by atoms with Gasteiger partial charge >= 0.3 is 6.36 Å². The van der Waals surface area contributed by atoms with Gasteiger partial charge in [-0.15, -0.1) is 13.2 Å². The van der Waals surface area contributed by atoms with Gasteiger partial charge in [0.25, 0.3) is 0 Å². The number of alkyl halides is 3. The SMILES string of the molecule is CC1(c2ccccc2)CN(CC(=O)Nc2cccc(OC(F)(F)F)c2)N=C1c1ccc(Cl)cc1. The highest BCUT2D eigenvalue weighted by atomic mass is 35.5. The highest BCUT2D eigenvalue weighted by Crippen LogP contribution is 2.35. The van der Waals surface area contributed by atoms with Crippen LogP contribution in [0.1, 0.15) is 18.1 Å². The van der Waals surface area contributed by atoms with Gasteiger partial charge in [-0.3, -0.25) is 9.80 Å². The summed E-state index contributed by atoms with van der Waals surface area (Å²) >= 11 is 6.05. The van der Waals surface area contributed by atoms with E-state index >= 15 is 0 Å². The number of carbonyl (C=O) groups excluding carboxylic acids is 1. The van der Waals surface area contributed by atoms with Gasteiger partial charge in [0.15, 0.2) is 0 Å². The first kappa shape index (κ1) is 23.6. The molecule has 0 fully saturated rings. The molecule has 0 bridgehead atoms. The lowest BCUT2D eigenvalue weighted by Gasteiger charge is -2.27. The molecule has 1 aliphatic heterocycles. The molecule has 1 atom stereocenters. The van der Waals surface area contributed by atoms with Gasteiger partial charge < -0.3 is 10.1 Å². The van der Waals surface area contributed by atoms with Crippen LogP contribution in [0.25, 0.3) is 0 Å². The lowest BCUT2D eigenvalue weighted by molar-refractivity contribution is -0.274. The third-order valence-electron chi connectivity index (χ3n) is 5.47. The largest absolute Gasteiger partial charge is 0.573 e. The van der Waals surface area contributed by atoms with Crippen molar-refractivity contribution in [2.24, 2.45) is 5.10 Å². The third kappa shape index (κ3) is 5.51. The zero-order chi connectivity index (χ0) is 24.3. The number of amides is 1. The van der Waals surface area contributed by atoms with E-state index in [1.807, 2.05) is 42.5 Å². The number of hydrazone groups is 1.